The van der Waals surface area contributed by atoms with E-state index in [1.807, 2.05) is 31.2 Å². The van der Waals surface area contributed by atoms with E-state index in [9.17, 15) is 4.79 Å². The molecule has 22 heavy (non-hydrogen) atoms. The molecule has 1 heterocycles. The van der Waals surface area contributed by atoms with Crippen LogP contribution in [0, 0.1) is 6.92 Å². The summed E-state index contributed by atoms with van der Waals surface area (Å²) in [5.41, 5.74) is 8.07. The molecule has 0 amide bonds. The van der Waals surface area contributed by atoms with Crippen LogP contribution in [0.3, 0.4) is 0 Å². The van der Waals surface area contributed by atoms with E-state index < -0.39 is 5.97 Å². The zero-order valence-electron chi connectivity index (χ0n) is 12.4. The lowest BCUT2D eigenvalue weighted by molar-refractivity contribution is -0.135. The fourth-order valence-corrected chi connectivity index (χ4v) is 2.19. The Morgan fingerprint density at radius 1 is 1.36 bits per heavy atom. The molecule has 0 aliphatic heterocycles. The Bertz CT molecular complexity index is 665. The zero-order chi connectivity index (χ0) is 15.9. The van der Waals surface area contributed by atoms with Crippen LogP contribution in [-0.4, -0.2) is 23.3 Å². The average molecular weight is 319 g/mol. The topological polar surface area (TPSA) is 86.8 Å². The normalized spacial score (nSPS) is 11.3. The lowest BCUT2D eigenvalue weighted by Crippen LogP contribution is -2.19. The number of esters is 1. The number of hydrogen-bond acceptors (Lipinski definition) is 7. The molecule has 0 unspecified atom stereocenters. The minimum Gasteiger partial charge on any atom is -0.461 e. The molecule has 1 aromatic heterocycles. The molecule has 0 saturated heterocycles. The van der Waals surface area contributed by atoms with Crippen LogP contribution < -0.4 is 5.73 Å². The summed E-state index contributed by atoms with van der Waals surface area (Å²) in [4.78, 5) is 21.2. The van der Waals surface area contributed by atoms with E-state index in [1.54, 1.807) is 12.3 Å². The lowest BCUT2D eigenvalue weighted by atomic mass is 10.2. The third-order valence-corrected chi connectivity index (χ3v) is 3.41. The molecule has 0 spiro atoms. The Hall–Kier alpha value is -2.41. The molecule has 0 radical (unpaired) electrons. The number of carbonyl (C=O) groups excluding carboxylic acids is 1. The Labute approximate surface area is 132 Å². The highest BCUT2D eigenvalue weighted by molar-refractivity contribution is 7.13. The maximum Gasteiger partial charge on any atom is 0.362 e. The highest BCUT2D eigenvalue weighted by atomic mass is 32.1. The van der Waals surface area contributed by atoms with Crippen molar-refractivity contribution in [1.82, 2.24) is 4.98 Å². The van der Waals surface area contributed by atoms with Crippen LogP contribution in [0.15, 0.2) is 34.8 Å². The maximum absolute atomic E-state index is 11.9. The third-order valence-electron chi connectivity index (χ3n) is 2.74. The zero-order valence-corrected chi connectivity index (χ0v) is 13.2. The van der Waals surface area contributed by atoms with Crippen LogP contribution in [0.5, 0.6) is 0 Å². The highest BCUT2D eigenvalue weighted by Gasteiger charge is 2.19. The third kappa shape index (κ3) is 4.29. The van der Waals surface area contributed by atoms with Crippen molar-refractivity contribution in [3.05, 3.63) is 46.5 Å². The van der Waals surface area contributed by atoms with E-state index >= 15 is 0 Å². The number of anilines is 1. The van der Waals surface area contributed by atoms with Crippen molar-refractivity contribution in [2.24, 2.45) is 5.16 Å². The van der Waals surface area contributed by atoms with Gasteiger partial charge in [-0.25, -0.2) is 9.78 Å². The second kappa shape index (κ2) is 7.56. The maximum atomic E-state index is 11.9. The summed E-state index contributed by atoms with van der Waals surface area (Å²) in [6, 6.07) is 7.84. The van der Waals surface area contributed by atoms with Crippen LogP contribution in [0.25, 0.3) is 0 Å². The molecular formula is C15H17N3O3S. The fourth-order valence-electron chi connectivity index (χ4n) is 1.64. The number of nitrogens with two attached hydrogens (primary N) is 1. The van der Waals surface area contributed by atoms with Gasteiger partial charge >= 0.3 is 5.97 Å². The molecule has 0 aliphatic carbocycles. The van der Waals surface area contributed by atoms with Gasteiger partial charge in [-0.15, -0.1) is 11.3 Å². The monoisotopic (exact) mass is 319 g/mol. The number of nitrogens with zero attached hydrogens (tertiary/aromatic N) is 2. The van der Waals surface area contributed by atoms with Crippen LogP contribution >= 0.6 is 11.3 Å². The van der Waals surface area contributed by atoms with Crippen LogP contribution in [-0.2, 0) is 21.0 Å². The van der Waals surface area contributed by atoms with Gasteiger partial charge in [0.2, 0.25) is 5.71 Å². The number of rotatable bonds is 6. The quantitative estimate of drug-likeness (QED) is 0.502. The van der Waals surface area contributed by atoms with E-state index in [1.165, 1.54) is 11.3 Å². The van der Waals surface area contributed by atoms with Crippen molar-refractivity contribution in [1.29, 1.82) is 0 Å². The fraction of sp³-hybridized carbons (Fsp3) is 0.267. The average Bonchev–Trinajstić information content (AvgIpc) is 2.92. The predicted molar refractivity (Wildman–Crippen MR) is 85.7 cm³/mol. The van der Waals surface area contributed by atoms with Crippen LogP contribution in [0.4, 0.5) is 5.13 Å². The summed E-state index contributed by atoms with van der Waals surface area (Å²) < 4.78 is 4.96. The van der Waals surface area contributed by atoms with Crippen molar-refractivity contribution >= 4 is 28.1 Å². The summed E-state index contributed by atoms with van der Waals surface area (Å²) in [5.74, 6) is -0.586. The molecule has 2 rings (SSSR count). The van der Waals surface area contributed by atoms with Gasteiger partial charge in [0.05, 0.1) is 6.61 Å². The van der Waals surface area contributed by atoms with E-state index in [0.29, 0.717) is 10.8 Å². The van der Waals surface area contributed by atoms with Crippen molar-refractivity contribution in [2.75, 3.05) is 12.3 Å². The van der Waals surface area contributed by atoms with Gasteiger partial charge < -0.3 is 15.3 Å². The van der Waals surface area contributed by atoms with Gasteiger partial charge in [-0.1, -0.05) is 35.0 Å². The van der Waals surface area contributed by atoms with Gasteiger partial charge in [-0.2, -0.15) is 0 Å². The SMILES string of the molecule is CCOC(=O)C(=NOCc1ccc(C)cc1)c1csc(N)n1. The number of nitrogen functional groups attached to an aromatic ring is 1. The second-order valence-corrected chi connectivity index (χ2v) is 5.38. The molecule has 6 nitrogen and oxygen atoms in total. The Morgan fingerprint density at radius 3 is 2.68 bits per heavy atom. The van der Waals surface area contributed by atoms with E-state index in [2.05, 4.69) is 10.1 Å². The molecular weight excluding hydrogens is 302 g/mol. The highest BCUT2D eigenvalue weighted by Crippen LogP contribution is 2.13. The first kappa shape index (κ1) is 16.0. The number of carbonyl (C=O) groups is 1. The van der Waals surface area contributed by atoms with Gasteiger partial charge in [0, 0.05) is 5.38 Å². The lowest BCUT2D eigenvalue weighted by Gasteiger charge is -2.04. The minimum absolute atomic E-state index is 0.0157. The molecule has 2 aromatic rings. The Kier molecular flexibility index (Phi) is 5.48. The molecule has 7 heteroatoms. The van der Waals surface area contributed by atoms with Gasteiger partial charge in [0.1, 0.15) is 12.3 Å². The van der Waals surface area contributed by atoms with Crippen molar-refractivity contribution in [3.63, 3.8) is 0 Å². The first-order valence-corrected chi connectivity index (χ1v) is 7.62. The van der Waals surface area contributed by atoms with Crippen LogP contribution in [0.2, 0.25) is 0 Å². The molecule has 0 aliphatic rings. The van der Waals surface area contributed by atoms with Crippen molar-refractivity contribution in [3.8, 4) is 0 Å². The predicted octanol–water partition coefficient (Wildman–Crippen LogP) is 2.52. The molecule has 0 fully saturated rings. The Morgan fingerprint density at radius 2 is 2.09 bits per heavy atom. The second-order valence-electron chi connectivity index (χ2n) is 4.49. The van der Waals surface area contributed by atoms with Gasteiger partial charge in [0.25, 0.3) is 0 Å². The van der Waals surface area contributed by atoms with Crippen molar-refractivity contribution < 1.29 is 14.4 Å². The van der Waals surface area contributed by atoms with Crippen LogP contribution in [0.1, 0.15) is 23.7 Å². The largest absolute Gasteiger partial charge is 0.461 e. The smallest absolute Gasteiger partial charge is 0.362 e. The van der Waals surface area contributed by atoms with E-state index in [0.717, 1.165) is 11.1 Å². The number of hydrogen-bond donors (Lipinski definition) is 1. The first-order valence-electron chi connectivity index (χ1n) is 6.74. The summed E-state index contributed by atoms with van der Waals surface area (Å²) in [6.45, 7) is 4.23. The number of benzene rings is 1. The molecule has 0 saturated carbocycles. The van der Waals surface area contributed by atoms with Crippen molar-refractivity contribution in [2.45, 2.75) is 20.5 Å². The molecule has 0 bridgehead atoms. The number of aromatic nitrogens is 1. The standard InChI is InChI=1S/C15H17N3O3S/c1-3-20-14(19)13(12-9-22-15(16)17-12)18-21-8-11-6-4-10(2)5-7-11/h4-7,9H,3,8H2,1-2H3,(H2,16,17). The number of ether oxygens (including phenoxy) is 1. The summed E-state index contributed by atoms with van der Waals surface area (Å²) in [6.07, 6.45) is 0. The Balaban J connectivity index is 2.10. The summed E-state index contributed by atoms with van der Waals surface area (Å²) in [7, 11) is 0. The number of oxime groups is 1. The number of thiazole rings is 1. The molecule has 0 atom stereocenters. The van der Waals surface area contributed by atoms with E-state index in [4.69, 9.17) is 15.3 Å². The summed E-state index contributed by atoms with van der Waals surface area (Å²) >= 11 is 1.22. The molecule has 1 aromatic carbocycles. The van der Waals surface area contributed by atoms with Gasteiger partial charge in [-0.05, 0) is 19.4 Å². The number of aryl methyl sites for hydroxylation is 1. The van der Waals surface area contributed by atoms with Gasteiger partial charge in [-0.3, -0.25) is 0 Å². The minimum atomic E-state index is -0.586. The summed E-state index contributed by atoms with van der Waals surface area (Å²) in [5, 5.41) is 5.87. The first-order chi connectivity index (χ1) is 10.6. The molecule has 116 valence electrons. The van der Waals surface area contributed by atoms with E-state index in [-0.39, 0.29) is 18.9 Å². The van der Waals surface area contributed by atoms with Gasteiger partial charge in [0.15, 0.2) is 5.13 Å². The molecule has 2 N–H and O–H groups in total.